The van der Waals surface area contributed by atoms with Crippen LogP contribution in [0.4, 0.5) is 0 Å². The van der Waals surface area contributed by atoms with E-state index in [1.807, 2.05) is 0 Å². The first kappa shape index (κ1) is 35.8. The monoisotopic (exact) mass is 756 g/mol. The Morgan fingerprint density at radius 3 is 1.62 bits per heavy atom. The Labute approximate surface area is 264 Å². The van der Waals surface area contributed by atoms with Crippen molar-refractivity contribution in [2.75, 3.05) is 14.2 Å². The van der Waals surface area contributed by atoms with Crippen LogP contribution >= 0.6 is 38.6 Å². The first-order valence-corrected chi connectivity index (χ1v) is 24.6. The van der Waals surface area contributed by atoms with Crippen molar-refractivity contribution in [3.8, 4) is 0 Å². The summed E-state index contributed by atoms with van der Waals surface area (Å²) >= 11 is 4.05. The number of carbonyl (C=O) groups excluding carboxylic acids is 2. The summed E-state index contributed by atoms with van der Waals surface area (Å²) in [4.78, 5) is 30.0. The first-order valence-electron chi connectivity index (χ1n) is 14.5. The standard InChI is InChI=1S/C8H8BNO2S.C5H3BBrNO2S.3C4H9.C3H5.Sn/c1-12-8(11)5-6(9)13-7(10-5)4-2-3-4;1-10-4(9)2-3(6)11-5(7)8-2;3*1-3-4-2;1-2-3-1;/h4H,2-3H2,1H3;1H3;3*1,3-4H2,2H3;1H,2-3H2;. The molecular formula is C28H43B2BrN2O4S2Sn. The minimum Gasteiger partial charge on any atom is -0.464 e. The maximum Gasteiger partial charge on any atom is 0.356 e. The minimum absolute atomic E-state index is 0.171. The summed E-state index contributed by atoms with van der Waals surface area (Å²) in [6.07, 6.45) is 14.6. The Morgan fingerprint density at radius 2 is 1.27 bits per heavy atom. The third-order valence-electron chi connectivity index (χ3n) is 7.51. The maximum absolute atomic E-state index is 11.1. The van der Waals surface area contributed by atoms with Crippen LogP contribution in [-0.2, 0) is 9.47 Å². The Kier molecular flexibility index (Phi) is 16.4. The van der Waals surface area contributed by atoms with E-state index in [2.05, 4.69) is 56.1 Å². The topological polar surface area (TPSA) is 78.4 Å². The number of hydrogen-bond donors (Lipinski definition) is 0. The molecule has 2 aliphatic carbocycles. The molecule has 0 saturated heterocycles. The van der Waals surface area contributed by atoms with Gasteiger partial charge in [0.05, 0.1) is 19.2 Å². The summed E-state index contributed by atoms with van der Waals surface area (Å²) in [6, 6.07) is 0. The van der Waals surface area contributed by atoms with Crippen molar-refractivity contribution in [3.63, 3.8) is 0 Å². The Bertz CT molecular complexity index is 1060. The van der Waals surface area contributed by atoms with Crippen molar-refractivity contribution >= 4 is 94.2 Å². The van der Waals surface area contributed by atoms with Gasteiger partial charge in [0, 0.05) is 5.92 Å². The summed E-state index contributed by atoms with van der Waals surface area (Å²) in [7, 11) is 13.7. The van der Waals surface area contributed by atoms with Crippen molar-refractivity contribution < 1.29 is 19.1 Å². The Hall–Kier alpha value is -0.391. The molecule has 0 aliphatic heterocycles. The number of carbonyl (C=O) groups is 2. The molecule has 40 heavy (non-hydrogen) atoms. The number of ether oxygens (including phenoxy) is 2. The molecule has 0 bridgehead atoms. The second kappa shape index (κ2) is 18.3. The molecule has 0 amide bonds. The van der Waals surface area contributed by atoms with Crippen molar-refractivity contribution in [2.45, 2.75) is 108 Å². The zero-order valence-corrected chi connectivity index (χ0v) is 30.8. The first-order chi connectivity index (χ1) is 19.2. The fourth-order valence-electron chi connectivity index (χ4n) is 4.91. The fourth-order valence-corrected chi connectivity index (χ4v) is 25.8. The molecule has 0 spiro atoms. The molecule has 4 radical (unpaired) electrons. The van der Waals surface area contributed by atoms with Crippen LogP contribution in [-0.4, -0.2) is 70.2 Å². The van der Waals surface area contributed by atoms with Gasteiger partial charge in [-0.25, -0.2) is 19.6 Å². The number of rotatable bonds is 13. The number of aromatic nitrogens is 2. The van der Waals surface area contributed by atoms with E-state index < -0.39 is 30.3 Å². The van der Waals surface area contributed by atoms with Gasteiger partial charge in [0.15, 0.2) is 15.3 Å². The molecule has 0 aromatic carbocycles. The van der Waals surface area contributed by atoms with Gasteiger partial charge in [0.2, 0.25) is 0 Å². The van der Waals surface area contributed by atoms with Crippen LogP contribution in [0.3, 0.4) is 0 Å². The van der Waals surface area contributed by atoms with E-state index in [1.165, 1.54) is 60.1 Å². The quantitative estimate of drug-likeness (QED) is 0.161. The number of nitrogens with zero attached hydrogens (tertiary/aromatic N) is 2. The Balaban J connectivity index is 0.000000214. The smallest absolute Gasteiger partial charge is 0.356 e. The zero-order chi connectivity index (χ0) is 29.7. The molecule has 2 saturated carbocycles. The van der Waals surface area contributed by atoms with Gasteiger partial charge < -0.3 is 9.47 Å². The van der Waals surface area contributed by atoms with Crippen LogP contribution < -0.4 is 9.55 Å². The third-order valence-corrected chi connectivity index (χ3v) is 28.0. The second-order valence-corrected chi connectivity index (χ2v) is 28.4. The molecule has 6 nitrogen and oxygen atoms in total. The molecule has 2 heterocycles. The van der Waals surface area contributed by atoms with Gasteiger partial charge in [-0.05, 0) is 38.3 Å². The predicted molar refractivity (Wildman–Crippen MR) is 175 cm³/mol. The normalized spacial score (nSPS) is 14.4. The fraction of sp³-hybridized carbons (Fsp3) is 0.714. The number of unbranched alkanes of at least 4 members (excludes halogenated alkanes) is 3. The largest absolute Gasteiger partial charge is 0.464 e. The van der Waals surface area contributed by atoms with Crippen LogP contribution in [0.2, 0.25) is 17.2 Å². The van der Waals surface area contributed by atoms with E-state index in [4.69, 9.17) is 15.7 Å². The average Bonchev–Trinajstić information content (AvgIpc) is 3.89. The van der Waals surface area contributed by atoms with Crippen molar-refractivity contribution in [3.05, 3.63) is 20.3 Å². The van der Waals surface area contributed by atoms with E-state index >= 15 is 0 Å². The molecule has 2 aromatic heterocycles. The zero-order valence-electron chi connectivity index (χ0n) is 24.7. The number of thiazole rings is 2. The van der Waals surface area contributed by atoms with E-state index in [0.29, 0.717) is 19.4 Å². The van der Waals surface area contributed by atoms with E-state index in [9.17, 15) is 9.59 Å². The average molecular weight is 756 g/mol. The van der Waals surface area contributed by atoms with Gasteiger partial charge in [-0.2, -0.15) is 0 Å². The molecule has 2 aromatic rings. The molecule has 0 atom stereocenters. The molecule has 0 unspecified atom stereocenters. The number of methoxy groups -OCH3 is 2. The number of halogens is 1. The minimum atomic E-state index is -1.64. The summed E-state index contributed by atoms with van der Waals surface area (Å²) in [5.74, 6) is -0.421. The van der Waals surface area contributed by atoms with Gasteiger partial charge in [-0.3, -0.25) is 0 Å². The molecular weight excluding hydrogens is 713 g/mol. The molecule has 218 valence electrons. The third kappa shape index (κ3) is 11.4. The molecule has 2 aliphatic rings. The van der Waals surface area contributed by atoms with Gasteiger partial charge in [0.1, 0.15) is 15.7 Å². The van der Waals surface area contributed by atoms with Crippen LogP contribution in [0.1, 0.15) is 117 Å². The molecule has 12 heteroatoms. The molecule has 0 N–H and O–H groups in total. The van der Waals surface area contributed by atoms with E-state index in [0.717, 1.165) is 17.8 Å². The predicted octanol–water partition coefficient (Wildman–Crippen LogP) is 7.09. The van der Waals surface area contributed by atoms with Gasteiger partial charge >= 0.3 is 120 Å². The number of esters is 2. The van der Waals surface area contributed by atoms with Gasteiger partial charge in [-0.1, -0.05) is 0 Å². The SMILES string of the molecule is CCC[CH2][Sn]([CH2]CCC)([CH2]CCC)[CH]1CC1.[B]c1sc(Br)nc1C(=O)OC.[B]c1sc(C2CC2)nc1C(=O)OC. The summed E-state index contributed by atoms with van der Waals surface area (Å²) in [6.45, 7) is 7.13. The summed E-state index contributed by atoms with van der Waals surface area (Å²) < 4.78 is 16.9. The van der Waals surface area contributed by atoms with Crippen molar-refractivity contribution in [1.29, 1.82) is 0 Å². The van der Waals surface area contributed by atoms with Crippen LogP contribution in [0.25, 0.3) is 0 Å². The number of hydrogen-bond acceptors (Lipinski definition) is 8. The molecule has 2 fully saturated rings. The van der Waals surface area contributed by atoms with Crippen LogP contribution in [0.5, 0.6) is 0 Å². The van der Waals surface area contributed by atoms with Gasteiger partial charge in [-0.15, -0.1) is 22.7 Å². The maximum atomic E-state index is 11.1. The summed E-state index contributed by atoms with van der Waals surface area (Å²) in [5.41, 5.74) is 0.443. The van der Waals surface area contributed by atoms with E-state index in [1.54, 1.807) is 45.4 Å². The van der Waals surface area contributed by atoms with E-state index in [-0.39, 0.29) is 11.4 Å². The van der Waals surface area contributed by atoms with Crippen LogP contribution in [0, 0.1) is 0 Å². The van der Waals surface area contributed by atoms with Crippen LogP contribution in [0.15, 0.2) is 3.92 Å². The molecule has 4 rings (SSSR count). The van der Waals surface area contributed by atoms with Crippen molar-refractivity contribution in [1.82, 2.24) is 9.97 Å². The summed E-state index contributed by atoms with van der Waals surface area (Å²) in [5, 5.41) is 0.970. The second-order valence-electron chi connectivity index (χ2n) is 10.6. The van der Waals surface area contributed by atoms with Crippen molar-refractivity contribution in [2.24, 2.45) is 0 Å². The van der Waals surface area contributed by atoms with Gasteiger partial charge in [0.25, 0.3) is 0 Å². The Morgan fingerprint density at radius 1 is 0.825 bits per heavy atom.